The van der Waals surface area contributed by atoms with Gasteiger partial charge in [-0.2, -0.15) is 0 Å². The lowest BCUT2D eigenvalue weighted by molar-refractivity contribution is 0.412. The highest BCUT2D eigenvalue weighted by Crippen LogP contribution is 2.31. The van der Waals surface area contributed by atoms with E-state index < -0.39 is 10.0 Å². The Morgan fingerprint density at radius 1 is 1.26 bits per heavy atom. The fourth-order valence-corrected chi connectivity index (χ4v) is 3.75. The van der Waals surface area contributed by atoms with Crippen LogP contribution in [0.15, 0.2) is 23.1 Å². The molecule has 1 aliphatic rings. The summed E-state index contributed by atoms with van der Waals surface area (Å²) in [5.41, 5.74) is 0.838. The Morgan fingerprint density at radius 2 is 2.00 bits per heavy atom. The first kappa shape index (κ1) is 18.0. The van der Waals surface area contributed by atoms with E-state index in [0.29, 0.717) is 17.2 Å². The molecule has 1 fully saturated rings. The van der Waals surface area contributed by atoms with Gasteiger partial charge in [-0.05, 0) is 24.6 Å². The molecule has 130 valence electrons. The zero-order chi connectivity index (χ0) is 16.7. The largest absolute Gasteiger partial charge is 0.495 e. The van der Waals surface area contributed by atoms with Crippen molar-refractivity contribution in [2.24, 2.45) is 0 Å². The molecule has 0 atom stereocenters. The van der Waals surface area contributed by atoms with Crippen LogP contribution in [0, 0.1) is 0 Å². The number of hydrogen-bond acceptors (Lipinski definition) is 5. The minimum atomic E-state index is -3.47. The van der Waals surface area contributed by atoms with Crippen molar-refractivity contribution in [3.05, 3.63) is 18.2 Å². The standard InChI is InChI=1S/C16H27N3O3S/c1-3-4-5-8-18-23(20,21)14-6-7-16(22-2)15(13-14)19-11-9-17-10-12-19/h6-7,13,17-18H,3-5,8-12H2,1-2H3. The number of nitrogens with zero attached hydrogens (tertiary/aromatic N) is 1. The van der Waals surface area contributed by atoms with E-state index >= 15 is 0 Å². The second-order valence-electron chi connectivity index (χ2n) is 5.68. The minimum Gasteiger partial charge on any atom is -0.495 e. The first-order valence-electron chi connectivity index (χ1n) is 8.22. The lowest BCUT2D eigenvalue weighted by Gasteiger charge is -2.30. The lowest BCUT2D eigenvalue weighted by atomic mass is 10.2. The number of methoxy groups -OCH3 is 1. The molecule has 0 amide bonds. The molecule has 6 nitrogen and oxygen atoms in total. The number of anilines is 1. The number of nitrogens with one attached hydrogen (secondary N) is 2. The van der Waals surface area contributed by atoms with Gasteiger partial charge >= 0.3 is 0 Å². The number of hydrogen-bond donors (Lipinski definition) is 2. The summed E-state index contributed by atoms with van der Waals surface area (Å²) in [5, 5.41) is 3.29. The van der Waals surface area contributed by atoms with Crippen LogP contribution in [-0.4, -0.2) is 48.3 Å². The molecule has 1 aliphatic heterocycles. The average molecular weight is 341 g/mol. The number of rotatable bonds is 8. The highest BCUT2D eigenvalue weighted by Gasteiger charge is 2.20. The Balaban J connectivity index is 2.18. The van der Waals surface area contributed by atoms with Crippen LogP contribution < -0.4 is 19.7 Å². The van der Waals surface area contributed by atoms with Gasteiger partial charge in [0.15, 0.2) is 0 Å². The molecule has 0 aromatic heterocycles. The SMILES string of the molecule is CCCCCNS(=O)(=O)c1ccc(OC)c(N2CCNCC2)c1. The summed E-state index contributed by atoms with van der Waals surface area (Å²) >= 11 is 0. The summed E-state index contributed by atoms with van der Waals surface area (Å²) in [6, 6.07) is 5.05. The predicted molar refractivity (Wildman–Crippen MR) is 92.8 cm³/mol. The molecular weight excluding hydrogens is 314 g/mol. The number of unbranched alkanes of at least 4 members (excludes halogenated alkanes) is 2. The van der Waals surface area contributed by atoms with Crippen LogP contribution in [0.5, 0.6) is 5.75 Å². The molecule has 1 saturated heterocycles. The van der Waals surface area contributed by atoms with Crippen LogP contribution in [0.2, 0.25) is 0 Å². The summed E-state index contributed by atoms with van der Waals surface area (Å²) in [7, 11) is -1.87. The van der Waals surface area contributed by atoms with E-state index in [1.165, 1.54) is 0 Å². The van der Waals surface area contributed by atoms with E-state index in [-0.39, 0.29) is 0 Å². The Morgan fingerprint density at radius 3 is 2.65 bits per heavy atom. The van der Waals surface area contributed by atoms with Gasteiger partial charge in [0.05, 0.1) is 17.7 Å². The van der Waals surface area contributed by atoms with Crippen LogP contribution >= 0.6 is 0 Å². The maximum absolute atomic E-state index is 12.4. The molecular formula is C16H27N3O3S. The highest BCUT2D eigenvalue weighted by molar-refractivity contribution is 7.89. The molecule has 0 unspecified atom stereocenters. The molecule has 0 spiro atoms. The summed E-state index contributed by atoms with van der Waals surface area (Å²) < 4.78 is 33.0. The van der Waals surface area contributed by atoms with Gasteiger partial charge < -0.3 is 15.0 Å². The van der Waals surface area contributed by atoms with Crippen molar-refractivity contribution in [1.29, 1.82) is 0 Å². The van der Waals surface area contributed by atoms with E-state index in [1.54, 1.807) is 25.3 Å². The molecule has 2 N–H and O–H groups in total. The highest BCUT2D eigenvalue weighted by atomic mass is 32.2. The lowest BCUT2D eigenvalue weighted by Crippen LogP contribution is -2.43. The van der Waals surface area contributed by atoms with Crippen molar-refractivity contribution in [1.82, 2.24) is 10.0 Å². The Labute approximate surface area is 139 Å². The van der Waals surface area contributed by atoms with Gasteiger partial charge in [-0.1, -0.05) is 19.8 Å². The van der Waals surface area contributed by atoms with Crippen molar-refractivity contribution < 1.29 is 13.2 Å². The van der Waals surface area contributed by atoms with Gasteiger partial charge in [-0.25, -0.2) is 13.1 Å². The van der Waals surface area contributed by atoms with E-state index in [1.807, 2.05) is 0 Å². The summed E-state index contributed by atoms with van der Waals surface area (Å²) in [6.45, 7) is 6.02. The number of benzene rings is 1. The molecule has 0 radical (unpaired) electrons. The minimum absolute atomic E-state index is 0.295. The third-order valence-corrected chi connectivity index (χ3v) is 5.45. The first-order chi connectivity index (χ1) is 11.1. The van der Waals surface area contributed by atoms with E-state index in [0.717, 1.165) is 51.1 Å². The van der Waals surface area contributed by atoms with Crippen molar-refractivity contribution in [2.45, 2.75) is 31.1 Å². The van der Waals surface area contributed by atoms with Crippen LogP contribution in [0.25, 0.3) is 0 Å². The molecule has 23 heavy (non-hydrogen) atoms. The number of ether oxygens (including phenoxy) is 1. The smallest absolute Gasteiger partial charge is 0.240 e. The zero-order valence-electron chi connectivity index (χ0n) is 14.0. The number of sulfonamides is 1. The van der Waals surface area contributed by atoms with E-state index in [2.05, 4.69) is 21.9 Å². The first-order valence-corrected chi connectivity index (χ1v) is 9.70. The monoisotopic (exact) mass is 341 g/mol. The molecule has 1 aromatic rings. The second kappa shape index (κ2) is 8.52. The molecule has 0 saturated carbocycles. The Hall–Kier alpha value is -1.31. The van der Waals surface area contributed by atoms with Crippen LogP contribution in [-0.2, 0) is 10.0 Å². The topological polar surface area (TPSA) is 70.7 Å². The molecule has 7 heteroatoms. The molecule has 2 rings (SSSR count). The van der Waals surface area contributed by atoms with Gasteiger partial charge in [0.2, 0.25) is 10.0 Å². The fraction of sp³-hybridized carbons (Fsp3) is 0.625. The van der Waals surface area contributed by atoms with Gasteiger partial charge in [0, 0.05) is 32.7 Å². The van der Waals surface area contributed by atoms with E-state index in [4.69, 9.17) is 4.74 Å². The van der Waals surface area contributed by atoms with Crippen molar-refractivity contribution >= 4 is 15.7 Å². The fourth-order valence-electron chi connectivity index (χ4n) is 2.65. The summed E-state index contributed by atoms with van der Waals surface area (Å²) in [5.74, 6) is 0.705. The molecule has 0 aliphatic carbocycles. The van der Waals surface area contributed by atoms with Crippen LogP contribution in [0.4, 0.5) is 5.69 Å². The van der Waals surface area contributed by atoms with Crippen molar-refractivity contribution in [3.8, 4) is 5.75 Å². The quantitative estimate of drug-likeness (QED) is 0.703. The third kappa shape index (κ3) is 4.83. The van der Waals surface area contributed by atoms with Gasteiger partial charge in [0.1, 0.15) is 5.75 Å². The second-order valence-corrected chi connectivity index (χ2v) is 7.44. The van der Waals surface area contributed by atoms with Crippen molar-refractivity contribution in [3.63, 3.8) is 0 Å². The van der Waals surface area contributed by atoms with Gasteiger partial charge in [0.25, 0.3) is 0 Å². The Kier molecular flexibility index (Phi) is 6.68. The van der Waals surface area contributed by atoms with Crippen LogP contribution in [0.3, 0.4) is 0 Å². The maximum atomic E-state index is 12.4. The summed E-state index contributed by atoms with van der Waals surface area (Å²) in [6.07, 6.45) is 2.95. The average Bonchev–Trinajstić information content (AvgIpc) is 2.59. The molecule has 1 heterocycles. The number of piperazine rings is 1. The van der Waals surface area contributed by atoms with Gasteiger partial charge in [-0.15, -0.1) is 0 Å². The zero-order valence-corrected chi connectivity index (χ0v) is 14.8. The molecule has 0 bridgehead atoms. The maximum Gasteiger partial charge on any atom is 0.240 e. The van der Waals surface area contributed by atoms with Gasteiger partial charge in [-0.3, -0.25) is 0 Å². The third-order valence-electron chi connectivity index (χ3n) is 3.99. The van der Waals surface area contributed by atoms with E-state index in [9.17, 15) is 8.42 Å². The van der Waals surface area contributed by atoms with Crippen molar-refractivity contribution in [2.75, 3.05) is 44.7 Å². The summed E-state index contributed by atoms with van der Waals surface area (Å²) in [4.78, 5) is 2.45. The molecule has 1 aromatic carbocycles. The van der Waals surface area contributed by atoms with Crippen LogP contribution in [0.1, 0.15) is 26.2 Å². The normalized spacial score (nSPS) is 15.7. The predicted octanol–water partition coefficient (Wildman–Crippen LogP) is 1.57. The Bertz CT molecular complexity index is 599.